The van der Waals surface area contributed by atoms with Crippen LogP contribution in [-0.4, -0.2) is 47.8 Å². The fraction of sp³-hybridized carbons (Fsp3) is 0.867. The van der Waals surface area contributed by atoms with Crippen LogP contribution in [0.15, 0.2) is 0 Å². The summed E-state index contributed by atoms with van der Waals surface area (Å²) in [4.78, 5) is 23.9. The molecule has 2 atom stereocenters. The van der Waals surface area contributed by atoms with E-state index in [9.17, 15) is 22.8 Å². The SMILES string of the molecule is O=C(O)[C@@H]1CN(C(=O)NCCC2CCCCC2)C[C@H]1C(F)(F)F. The van der Waals surface area contributed by atoms with Crippen molar-refractivity contribution in [2.45, 2.75) is 44.7 Å². The second kappa shape index (κ2) is 7.40. The zero-order valence-corrected chi connectivity index (χ0v) is 12.9. The topological polar surface area (TPSA) is 69.6 Å². The van der Waals surface area contributed by atoms with Crippen LogP contribution < -0.4 is 5.32 Å². The molecule has 23 heavy (non-hydrogen) atoms. The third-order valence-electron chi connectivity index (χ3n) is 4.90. The number of carboxylic acids is 1. The summed E-state index contributed by atoms with van der Waals surface area (Å²) in [6.45, 7) is -0.557. The number of carbonyl (C=O) groups excluding carboxylic acids is 1. The average molecular weight is 336 g/mol. The van der Waals surface area contributed by atoms with Crippen LogP contribution in [0.2, 0.25) is 0 Å². The lowest BCUT2D eigenvalue weighted by Gasteiger charge is -2.22. The van der Waals surface area contributed by atoms with Crippen LogP contribution in [0.4, 0.5) is 18.0 Å². The molecule has 2 rings (SSSR count). The van der Waals surface area contributed by atoms with Gasteiger partial charge in [-0.1, -0.05) is 32.1 Å². The molecule has 0 spiro atoms. The number of hydrogen-bond donors (Lipinski definition) is 2. The predicted molar refractivity (Wildman–Crippen MR) is 76.8 cm³/mol. The van der Waals surface area contributed by atoms with Crippen molar-refractivity contribution in [3.05, 3.63) is 0 Å². The Bertz CT molecular complexity index is 436. The second-order valence-electron chi connectivity index (χ2n) is 6.52. The van der Waals surface area contributed by atoms with E-state index in [1.54, 1.807) is 0 Å². The Morgan fingerprint density at radius 1 is 1.13 bits per heavy atom. The Balaban J connectivity index is 1.81. The number of nitrogens with one attached hydrogen (secondary N) is 1. The van der Waals surface area contributed by atoms with Crippen molar-refractivity contribution in [2.24, 2.45) is 17.8 Å². The number of urea groups is 1. The van der Waals surface area contributed by atoms with E-state index in [1.807, 2.05) is 0 Å². The maximum absolute atomic E-state index is 12.9. The molecule has 2 N–H and O–H groups in total. The van der Waals surface area contributed by atoms with Crippen molar-refractivity contribution >= 4 is 12.0 Å². The molecule has 0 aromatic heterocycles. The highest BCUT2D eigenvalue weighted by Crippen LogP contribution is 2.37. The monoisotopic (exact) mass is 336 g/mol. The molecule has 0 radical (unpaired) electrons. The summed E-state index contributed by atoms with van der Waals surface area (Å²) in [5.41, 5.74) is 0. The van der Waals surface area contributed by atoms with Gasteiger partial charge in [-0.3, -0.25) is 4.79 Å². The van der Waals surface area contributed by atoms with Gasteiger partial charge in [-0.25, -0.2) is 4.79 Å². The highest BCUT2D eigenvalue weighted by atomic mass is 19.4. The molecule has 0 aromatic carbocycles. The van der Waals surface area contributed by atoms with Gasteiger partial charge in [0, 0.05) is 19.6 Å². The molecule has 5 nitrogen and oxygen atoms in total. The van der Waals surface area contributed by atoms with Gasteiger partial charge in [0.25, 0.3) is 0 Å². The van der Waals surface area contributed by atoms with Crippen molar-refractivity contribution in [1.82, 2.24) is 10.2 Å². The van der Waals surface area contributed by atoms with Gasteiger partial charge in [-0.05, 0) is 12.3 Å². The van der Waals surface area contributed by atoms with Gasteiger partial charge in [0.15, 0.2) is 0 Å². The lowest BCUT2D eigenvalue weighted by Crippen LogP contribution is -2.40. The number of halogens is 3. The third-order valence-corrected chi connectivity index (χ3v) is 4.90. The van der Waals surface area contributed by atoms with Crippen LogP contribution in [0.1, 0.15) is 38.5 Å². The Kier molecular flexibility index (Phi) is 5.75. The molecular weight excluding hydrogens is 313 g/mol. The summed E-state index contributed by atoms with van der Waals surface area (Å²) < 4.78 is 38.6. The minimum atomic E-state index is -4.61. The maximum atomic E-state index is 12.9. The van der Waals surface area contributed by atoms with Crippen LogP contribution >= 0.6 is 0 Å². The fourth-order valence-corrected chi connectivity index (χ4v) is 3.52. The first kappa shape index (κ1) is 17.9. The standard InChI is InChI=1S/C15H23F3N2O3/c16-15(17,18)12-9-20(8-11(12)13(21)22)14(23)19-7-6-10-4-2-1-3-5-10/h10-12H,1-9H2,(H,19,23)(H,21,22)/t11-,12-/m1/s1. The fourth-order valence-electron chi connectivity index (χ4n) is 3.52. The molecule has 2 aliphatic rings. The lowest BCUT2D eigenvalue weighted by molar-refractivity contribution is -0.187. The minimum absolute atomic E-state index is 0.394. The molecule has 8 heteroatoms. The van der Waals surface area contributed by atoms with E-state index in [-0.39, 0.29) is 0 Å². The number of aliphatic carboxylic acids is 1. The van der Waals surface area contributed by atoms with Crippen LogP contribution in [0.3, 0.4) is 0 Å². The summed E-state index contributed by atoms with van der Waals surface area (Å²) >= 11 is 0. The van der Waals surface area contributed by atoms with Crippen LogP contribution in [-0.2, 0) is 4.79 Å². The molecule has 1 aliphatic heterocycles. The number of likely N-dealkylation sites (tertiary alicyclic amines) is 1. The maximum Gasteiger partial charge on any atom is 0.394 e. The Morgan fingerprint density at radius 3 is 2.30 bits per heavy atom. The summed E-state index contributed by atoms with van der Waals surface area (Å²) in [6, 6.07) is -0.598. The summed E-state index contributed by atoms with van der Waals surface area (Å²) in [6.07, 6.45) is 2.11. The van der Waals surface area contributed by atoms with Crippen LogP contribution in [0.25, 0.3) is 0 Å². The van der Waals surface area contributed by atoms with Gasteiger partial charge in [0.05, 0.1) is 11.8 Å². The Morgan fingerprint density at radius 2 is 1.78 bits per heavy atom. The van der Waals surface area contributed by atoms with E-state index in [2.05, 4.69) is 5.32 Å². The first-order valence-electron chi connectivity index (χ1n) is 8.11. The van der Waals surface area contributed by atoms with E-state index >= 15 is 0 Å². The van der Waals surface area contributed by atoms with Crippen molar-refractivity contribution < 1.29 is 27.9 Å². The van der Waals surface area contributed by atoms with Crippen molar-refractivity contribution in [3.63, 3.8) is 0 Å². The molecule has 2 fully saturated rings. The van der Waals surface area contributed by atoms with Gasteiger partial charge in [-0.2, -0.15) is 13.2 Å². The predicted octanol–water partition coefficient (Wildman–Crippen LogP) is 2.86. The number of hydrogen-bond acceptors (Lipinski definition) is 2. The lowest BCUT2D eigenvalue weighted by atomic mass is 9.87. The smallest absolute Gasteiger partial charge is 0.394 e. The van der Waals surface area contributed by atoms with Gasteiger partial charge in [0.2, 0.25) is 0 Å². The van der Waals surface area contributed by atoms with Crippen molar-refractivity contribution in [2.75, 3.05) is 19.6 Å². The molecule has 1 saturated heterocycles. The Labute approximate surface area is 133 Å². The summed E-state index contributed by atoms with van der Waals surface area (Å²) in [7, 11) is 0. The molecular formula is C15H23F3N2O3. The molecule has 132 valence electrons. The summed E-state index contributed by atoms with van der Waals surface area (Å²) in [5, 5.41) is 11.6. The first-order valence-corrected chi connectivity index (χ1v) is 8.11. The average Bonchev–Trinajstić information content (AvgIpc) is 2.94. The van der Waals surface area contributed by atoms with E-state index in [0.717, 1.165) is 24.2 Å². The largest absolute Gasteiger partial charge is 0.481 e. The van der Waals surface area contributed by atoms with Gasteiger partial charge in [-0.15, -0.1) is 0 Å². The number of alkyl halides is 3. The minimum Gasteiger partial charge on any atom is -0.481 e. The highest BCUT2D eigenvalue weighted by Gasteiger charge is 2.53. The van der Waals surface area contributed by atoms with Crippen LogP contribution in [0.5, 0.6) is 0 Å². The summed E-state index contributed by atoms with van der Waals surface area (Å²) in [5.74, 6) is -4.52. The second-order valence-corrected chi connectivity index (χ2v) is 6.52. The Hall–Kier alpha value is -1.47. The van der Waals surface area contributed by atoms with Gasteiger partial charge >= 0.3 is 18.2 Å². The molecule has 0 bridgehead atoms. The number of rotatable bonds is 4. The van der Waals surface area contributed by atoms with Crippen LogP contribution in [0, 0.1) is 17.8 Å². The normalized spacial score (nSPS) is 26.3. The van der Waals surface area contributed by atoms with E-state index in [4.69, 9.17) is 5.11 Å². The molecule has 1 heterocycles. The van der Waals surface area contributed by atoms with Crippen molar-refractivity contribution in [3.8, 4) is 0 Å². The van der Waals surface area contributed by atoms with Crippen molar-refractivity contribution in [1.29, 1.82) is 0 Å². The van der Waals surface area contributed by atoms with E-state index < -0.39 is 43.1 Å². The molecule has 2 amide bonds. The molecule has 0 aromatic rings. The molecule has 1 saturated carbocycles. The third kappa shape index (κ3) is 4.75. The molecule has 1 aliphatic carbocycles. The van der Waals surface area contributed by atoms with E-state index in [0.29, 0.717) is 12.5 Å². The zero-order chi connectivity index (χ0) is 17.0. The highest BCUT2D eigenvalue weighted by molar-refractivity contribution is 5.77. The number of nitrogens with zero attached hydrogens (tertiary/aromatic N) is 1. The number of amides is 2. The first-order chi connectivity index (χ1) is 10.8. The number of carbonyl (C=O) groups is 2. The quantitative estimate of drug-likeness (QED) is 0.829. The van der Waals surface area contributed by atoms with Gasteiger partial charge in [0.1, 0.15) is 0 Å². The molecule has 0 unspecified atom stereocenters. The zero-order valence-electron chi connectivity index (χ0n) is 12.9. The number of carboxylic acid groups (broad SMARTS) is 1. The van der Waals surface area contributed by atoms with Gasteiger partial charge < -0.3 is 15.3 Å². The van der Waals surface area contributed by atoms with E-state index in [1.165, 1.54) is 19.3 Å².